The number of hydrogen-bond donors (Lipinski definition) is 0. The van der Waals surface area contributed by atoms with Crippen LogP contribution in [0, 0.1) is 5.92 Å². The summed E-state index contributed by atoms with van der Waals surface area (Å²) in [4.78, 5) is 13.5. The van der Waals surface area contributed by atoms with Gasteiger partial charge in [-0.15, -0.1) is 11.6 Å². The molecule has 0 aromatic rings. The number of rotatable bonds is 5. The molecule has 0 spiro atoms. The molecule has 15 heavy (non-hydrogen) atoms. The summed E-state index contributed by atoms with van der Waals surface area (Å²) in [5.74, 6) is 1.58. The molecule has 0 saturated heterocycles. The average Bonchev–Trinajstić information content (AvgIpc) is 2.27. The first kappa shape index (κ1) is 12.8. The van der Waals surface area contributed by atoms with E-state index in [-0.39, 0.29) is 5.91 Å². The number of halogens is 1. The zero-order chi connectivity index (χ0) is 11.1. The van der Waals surface area contributed by atoms with Gasteiger partial charge >= 0.3 is 0 Å². The molecule has 0 bridgehead atoms. The zero-order valence-electron chi connectivity index (χ0n) is 9.67. The lowest BCUT2D eigenvalue weighted by Crippen LogP contribution is -2.32. The van der Waals surface area contributed by atoms with Crippen LogP contribution < -0.4 is 0 Å². The van der Waals surface area contributed by atoms with E-state index in [2.05, 4.69) is 0 Å². The van der Waals surface area contributed by atoms with Gasteiger partial charge in [0.2, 0.25) is 5.91 Å². The van der Waals surface area contributed by atoms with E-state index in [4.69, 9.17) is 11.6 Å². The summed E-state index contributed by atoms with van der Waals surface area (Å²) in [5.41, 5.74) is 0. The van der Waals surface area contributed by atoms with E-state index in [1.165, 1.54) is 32.1 Å². The van der Waals surface area contributed by atoms with Gasteiger partial charge in [-0.25, -0.2) is 0 Å². The van der Waals surface area contributed by atoms with Crippen LogP contribution in [0.3, 0.4) is 0 Å². The molecule has 1 rings (SSSR count). The molecule has 0 aromatic carbocycles. The van der Waals surface area contributed by atoms with Crippen molar-refractivity contribution in [1.29, 1.82) is 0 Å². The fourth-order valence-electron chi connectivity index (χ4n) is 2.27. The van der Waals surface area contributed by atoms with Crippen LogP contribution in [0.25, 0.3) is 0 Å². The molecule has 1 aliphatic rings. The van der Waals surface area contributed by atoms with E-state index in [0.717, 1.165) is 18.9 Å². The van der Waals surface area contributed by atoms with E-state index >= 15 is 0 Å². The predicted molar refractivity (Wildman–Crippen MR) is 64.2 cm³/mol. The normalized spacial score (nSPS) is 17.7. The van der Waals surface area contributed by atoms with Gasteiger partial charge in [0.05, 0.1) is 0 Å². The number of carbonyl (C=O) groups excluding carboxylic acids is 1. The highest BCUT2D eigenvalue weighted by atomic mass is 35.5. The van der Waals surface area contributed by atoms with Gasteiger partial charge in [-0.3, -0.25) is 4.79 Å². The van der Waals surface area contributed by atoms with Crippen molar-refractivity contribution < 1.29 is 4.79 Å². The molecule has 0 heterocycles. The largest absolute Gasteiger partial charge is 0.345 e. The van der Waals surface area contributed by atoms with Crippen LogP contribution in [0.5, 0.6) is 0 Å². The van der Waals surface area contributed by atoms with E-state index in [1.807, 2.05) is 11.9 Å². The van der Waals surface area contributed by atoms with Crippen LogP contribution >= 0.6 is 11.6 Å². The minimum Gasteiger partial charge on any atom is -0.345 e. The summed E-state index contributed by atoms with van der Waals surface area (Å²) in [5, 5.41) is 0. The highest BCUT2D eigenvalue weighted by Gasteiger charge is 2.17. The third-order valence-electron chi connectivity index (χ3n) is 3.21. The monoisotopic (exact) mass is 231 g/mol. The molecule has 1 aliphatic carbocycles. The Morgan fingerprint density at radius 3 is 2.60 bits per heavy atom. The SMILES string of the molecule is CN(CC1CCCCC1)C(=O)CCCCl. The van der Waals surface area contributed by atoms with Crippen molar-refractivity contribution in [1.82, 2.24) is 4.90 Å². The summed E-state index contributed by atoms with van der Waals surface area (Å²) < 4.78 is 0. The Bertz CT molecular complexity index is 190. The van der Waals surface area contributed by atoms with E-state index in [1.54, 1.807) is 0 Å². The summed E-state index contributed by atoms with van der Waals surface area (Å²) in [7, 11) is 1.92. The maximum Gasteiger partial charge on any atom is 0.222 e. The number of hydrogen-bond acceptors (Lipinski definition) is 1. The van der Waals surface area contributed by atoms with Crippen LogP contribution in [0.2, 0.25) is 0 Å². The average molecular weight is 232 g/mol. The van der Waals surface area contributed by atoms with Crippen molar-refractivity contribution in [2.45, 2.75) is 44.9 Å². The Labute approximate surface area is 98.0 Å². The Morgan fingerprint density at radius 1 is 1.33 bits per heavy atom. The lowest BCUT2D eigenvalue weighted by Gasteiger charge is -2.27. The van der Waals surface area contributed by atoms with Crippen LogP contribution in [0.1, 0.15) is 44.9 Å². The lowest BCUT2D eigenvalue weighted by atomic mass is 9.89. The van der Waals surface area contributed by atoms with Crippen LogP contribution in [0.15, 0.2) is 0 Å². The van der Waals surface area contributed by atoms with E-state index in [9.17, 15) is 4.79 Å². The Morgan fingerprint density at radius 2 is 2.00 bits per heavy atom. The quantitative estimate of drug-likeness (QED) is 0.666. The van der Waals surface area contributed by atoms with Crippen molar-refractivity contribution in [2.75, 3.05) is 19.5 Å². The number of nitrogens with zero attached hydrogens (tertiary/aromatic N) is 1. The third-order valence-corrected chi connectivity index (χ3v) is 3.47. The van der Waals surface area contributed by atoms with Crippen molar-refractivity contribution in [3.05, 3.63) is 0 Å². The standard InChI is InChI=1S/C12H22ClNO/c1-14(12(15)8-5-9-13)10-11-6-3-2-4-7-11/h11H,2-10H2,1H3. The molecule has 0 unspecified atom stereocenters. The molecule has 1 fully saturated rings. The van der Waals surface area contributed by atoms with E-state index in [0.29, 0.717) is 12.3 Å². The summed E-state index contributed by atoms with van der Waals surface area (Å²) in [6, 6.07) is 0. The molecular formula is C12H22ClNO. The van der Waals surface area contributed by atoms with Gasteiger partial charge in [-0.05, 0) is 25.2 Å². The van der Waals surface area contributed by atoms with Gasteiger partial charge in [-0.1, -0.05) is 19.3 Å². The molecule has 88 valence electrons. The molecule has 0 aromatic heterocycles. The topological polar surface area (TPSA) is 20.3 Å². The van der Waals surface area contributed by atoms with Crippen molar-refractivity contribution >= 4 is 17.5 Å². The minimum atomic E-state index is 0.251. The summed E-state index contributed by atoms with van der Waals surface area (Å²) in [6.07, 6.45) is 8.06. The highest BCUT2D eigenvalue weighted by molar-refractivity contribution is 6.17. The molecule has 1 saturated carbocycles. The van der Waals surface area contributed by atoms with Crippen LogP contribution in [-0.2, 0) is 4.79 Å². The smallest absolute Gasteiger partial charge is 0.222 e. The van der Waals surface area contributed by atoms with Gasteiger partial charge < -0.3 is 4.90 Å². The van der Waals surface area contributed by atoms with Gasteiger partial charge in [0.15, 0.2) is 0 Å². The molecule has 0 aliphatic heterocycles. The second-order valence-corrected chi connectivity index (χ2v) is 4.95. The molecule has 0 radical (unpaired) electrons. The second-order valence-electron chi connectivity index (χ2n) is 4.57. The predicted octanol–water partition coefficient (Wildman–Crippen LogP) is 3.04. The zero-order valence-corrected chi connectivity index (χ0v) is 10.4. The number of carbonyl (C=O) groups is 1. The first-order chi connectivity index (χ1) is 7.24. The van der Waals surface area contributed by atoms with E-state index < -0.39 is 0 Å². The molecule has 2 nitrogen and oxygen atoms in total. The molecular weight excluding hydrogens is 210 g/mol. The van der Waals surface area contributed by atoms with Crippen LogP contribution in [0.4, 0.5) is 0 Å². The Kier molecular flexibility index (Phi) is 6.07. The first-order valence-electron chi connectivity index (χ1n) is 6.04. The number of alkyl halides is 1. The maximum absolute atomic E-state index is 11.6. The lowest BCUT2D eigenvalue weighted by molar-refractivity contribution is -0.130. The molecule has 1 amide bonds. The second kappa shape index (κ2) is 7.10. The van der Waals surface area contributed by atoms with Crippen LogP contribution in [-0.4, -0.2) is 30.3 Å². The van der Waals surface area contributed by atoms with Gasteiger partial charge in [0.25, 0.3) is 0 Å². The summed E-state index contributed by atoms with van der Waals surface area (Å²) in [6.45, 7) is 0.946. The molecule has 0 atom stereocenters. The highest BCUT2D eigenvalue weighted by Crippen LogP contribution is 2.24. The van der Waals surface area contributed by atoms with Gasteiger partial charge in [-0.2, -0.15) is 0 Å². The minimum absolute atomic E-state index is 0.251. The molecule has 3 heteroatoms. The van der Waals surface area contributed by atoms with Crippen molar-refractivity contribution in [3.8, 4) is 0 Å². The fraction of sp³-hybridized carbons (Fsp3) is 0.917. The maximum atomic E-state index is 11.6. The Balaban J connectivity index is 2.20. The molecule has 0 N–H and O–H groups in total. The van der Waals surface area contributed by atoms with Gasteiger partial charge in [0, 0.05) is 25.9 Å². The fourth-order valence-corrected chi connectivity index (χ4v) is 2.40. The third kappa shape index (κ3) is 4.87. The Hall–Kier alpha value is -0.240. The summed E-state index contributed by atoms with van der Waals surface area (Å²) >= 11 is 5.57. The van der Waals surface area contributed by atoms with Crippen molar-refractivity contribution in [2.24, 2.45) is 5.92 Å². The number of amides is 1. The first-order valence-corrected chi connectivity index (χ1v) is 6.57. The van der Waals surface area contributed by atoms with Crippen molar-refractivity contribution in [3.63, 3.8) is 0 Å². The van der Waals surface area contributed by atoms with Gasteiger partial charge in [0.1, 0.15) is 0 Å².